The molecule has 0 N–H and O–H groups in total. The van der Waals surface area contributed by atoms with Crippen molar-refractivity contribution in [2.24, 2.45) is 0 Å². The molecule has 0 bridgehead atoms. The molecule has 0 atom stereocenters. The summed E-state index contributed by atoms with van der Waals surface area (Å²) in [6.07, 6.45) is 6.18. The summed E-state index contributed by atoms with van der Waals surface area (Å²) in [6, 6.07) is 10.5. The fourth-order valence-corrected chi connectivity index (χ4v) is 2.41. The molecule has 0 aliphatic rings. The molecule has 0 heterocycles. The molecule has 0 saturated heterocycles. The zero-order valence-electron chi connectivity index (χ0n) is 9.98. The number of thiol groups is 1. The van der Waals surface area contributed by atoms with Crippen molar-refractivity contribution in [1.29, 1.82) is 0 Å². The average Bonchev–Trinajstić information content (AvgIpc) is 2.35. The molecule has 0 aliphatic heterocycles. The first-order valence-corrected chi connectivity index (χ1v) is 6.34. The molecule has 0 aliphatic carbocycles. The van der Waals surface area contributed by atoms with Crippen LogP contribution < -0.4 is 10.4 Å². The quantitative estimate of drug-likeness (QED) is 0.766. The van der Waals surface area contributed by atoms with Crippen molar-refractivity contribution in [3.05, 3.63) is 58.5 Å². The summed E-state index contributed by atoms with van der Waals surface area (Å²) in [6.45, 7) is 6.15. The van der Waals surface area contributed by atoms with Gasteiger partial charge in [-0.2, -0.15) is 12.6 Å². The van der Waals surface area contributed by atoms with E-state index in [1.807, 2.05) is 19.1 Å². The van der Waals surface area contributed by atoms with Crippen LogP contribution in [0.15, 0.2) is 42.5 Å². The minimum Gasteiger partial charge on any atom is -0.175 e. The fourth-order valence-electron chi connectivity index (χ4n) is 2.07. The van der Waals surface area contributed by atoms with Crippen molar-refractivity contribution < 1.29 is 0 Å². The summed E-state index contributed by atoms with van der Waals surface area (Å²) in [5.74, 6) is 0.729. The van der Waals surface area contributed by atoms with E-state index in [1.165, 1.54) is 21.6 Å². The van der Waals surface area contributed by atoms with Gasteiger partial charge < -0.3 is 0 Å². The zero-order valence-corrected chi connectivity index (χ0v) is 10.9. The van der Waals surface area contributed by atoms with Gasteiger partial charge in [-0.1, -0.05) is 49.1 Å². The van der Waals surface area contributed by atoms with Crippen molar-refractivity contribution in [2.75, 3.05) is 0 Å². The minimum absolute atomic E-state index is 0.729. The predicted molar refractivity (Wildman–Crippen MR) is 80.7 cm³/mol. The molecule has 0 unspecified atom stereocenters. The lowest BCUT2D eigenvalue weighted by atomic mass is 10.0. The highest BCUT2D eigenvalue weighted by Crippen LogP contribution is 2.15. The van der Waals surface area contributed by atoms with Gasteiger partial charge in [0.15, 0.2) is 0 Å². The molecule has 0 saturated carbocycles. The number of hydrogen-bond acceptors (Lipinski definition) is 1. The molecular formula is C16H16S. The first-order valence-electron chi connectivity index (χ1n) is 5.71. The van der Waals surface area contributed by atoms with E-state index in [4.69, 9.17) is 0 Å². The third kappa shape index (κ3) is 2.29. The highest BCUT2D eigenvalue weighted by Gasteiger charge is 2.01. The summed E-state index contributed by atoms with van der Waals surface area (Å²) in [5, 5.41) is 4.76. The lowest BCUT2D eigenvalue weighted by molar-refractivity contribution is 1.39. The van der Waals surface area contributed by atoms with E-state index in [9.17, 15) is 0 Å². The van der Waals surface area contributed by atoms with Crippen molar-refractivity contribution in [3.8, 4) is 0 Å². The molecule has 0 nitrogen and oxygen atoms in total. The van der Waals surface area contributed by atoms with Crippen molar-refractivity contribution in [3.63, 3.8) is 0 Å². The Balaban J connectivity index is 2.93. The van der Waals surface area contributed by atoms with E-state index in [0.717, 1.165) is 11.0 Å². The van der Waals surface area contributed by atoms with Crippen LogP contribution in [0.2, 0.25) is 0 Å². The SMILES string of the molecule is C=c1cc2ccccc2c(CS)/c1=C/C=C\C. The lowest BCUT2D eigenvalue weighted by Crippen LogP contribution is -2.27. The second-order valence-electron chi connectivity index (χ2n) is 4.00. The summed E-state index contributed by atoms with van der Waals surface area (Å²) >= 11 is 4.45. The number of hydrogen-bond donors (Lipinski definition) is 1. The molecule has 2 aromatic carbocycles. The molecule has 0 fully saturated rings. The van der Waals surface area contributed by atoms with Crippen LogP contribution in [0, 0.1) is 0 Å². The van der Waals surface area contributed by atoms with E-state index < -0.39 is 0 Å². The second kappa shape index (κ2) is 5.24. The van der Waals surface area contributed by atoms with E-state index >= 15 is 0 Å². The first-order chi connectivity index (χ1) is 8.27. The van der Waals surface area contributed by atoms with Gasteiger partial charge in [0.1, 0.15) is 0 Å². The Morgan fingerprint density at radius 3 is 2.76 bits per heavy atom. The summed E-state index contributed by atoms with van der Waals surface area (Å²) < 4.78 is 0. The Labute approximate surface area is 107 Å². The van der Waals surface area contributed by atoms with Crippen LogP contribution in [0.4, 0.5) is 0 Å². The second-order valence-corrected chi connectivity index (χ2v) is 4.32. The molecule has 0 amide bonds. The molecule has 0 radical (unpaired) electrons. The molecule has 1 heteroatoms. The van der Waals surface area contributed by atoms with Crippen LogP contribution in [0.1, 0.15) is 12.5 Å². The van der Waals surface area contributed by atoms with Gasteiger partial charge in [-0.25, -0.2) is 0 Å². The molecule has 0 spiro atoms. The standard InChI is InChI=1S/C16H16S/c1-3-4-8-14-12(2)10-13-7-5-6-9-15(13)16(14)11-17/h3-10,17H,2,11H2,1H3/b4-3-,14-8+. The smallest absolute Gasteiger partial charge is 0.0166 e. The van der Waals surface area contributed by atoms with Crippen LogP contribution in [0.3, 0.4) is 0 Å². The maximum Gasteiger partial charge on any atom is 0.0166 e. The van der Waals surface area contributed by atoms with Gasteiger partial charge in [0.05, 0.1) is 0 Å². The van der Waals surface area contributed by atoms with Gasteiger partial charge in [-0.05, 0) is 39.8 Å². The van der Waals surface area contributed by atoms with Crippen molar-refractivity contribution in [1.82, 2.24) is 0 Å². The van der Waals surface area contributed by atoms with E-state index in [0.29, 0.717) is 0 Å². The third-order valence-electron chi connectivity index (χ3n) is 2.90. The summed E-state index contributed by atoms with van der Waals surface area (Å²) in [5.41, 5.74) is 1.26. The van der Waals surface area contributed by atoms with Crippen LogP contribution in [0.25, 0.3) is 23.4 Å². The zero-order chi connectivity index (χ0) is 12.3. The monoisotopic (exact) mass is 240 g/mol. The Morgan fingerprint density at radius 2 is 2.06 bits per heavy atom. The van der Waals surface area contributed by atoms with Gasteiger partial charge in [0.2, 0.25) is 0 Å². The molecule has 2 rings (SSSR count). The van der Waals surface area contributed by atoms with Crippen LogP contribution >= 0.6 is 12.6 Å². The maximum absolute atomic E-state index is 4.45. The van der Waals surface area contributed by atoms with Crippen LogP contribution in [-0.4, -0.2) is 0 Å². The van der Waals surface area contributed by atoms with Crippen molar-refractivity contribution in [2.45, 2.75) is 12.7 Å². The largest absolute Gasteiger partial charge is 0.175 e. The Morgan fingerprint density at radius 1 is 1.29 bits per heavy atom. The number of fused-ring (bicyclic) bond motifs is 1. The van der Waals surface area contributed by atoms with Gasteiger partial charge in [0.25, 0.3) is 0 Å². The Kier molecular flexibility index (Phi) is 3.70. The molecular weight excluding hydrogens is 224 g/mol. The number of rotatable bonds is 2. The normalized spacial score (nSPS) is 12.7. The summed E-state index contributed by atoms with van der Waals surface area (Å²) in [7, 11) is 0. The lowest BCUT2D eigenvalue weighted by Gasteiger charge is -2.06. The van der Waals surface area contributed by atoms with Gasteiger partial charge in [-0.3, -0.25) is 0 Å². The Bertz CT molecular complexity index is 666. The van der Waals surface area contributed by atoms with Gasteiger partial charge >= 0.3 is 0 Å². The van der Waals surface area contributed by atoms with Gasteiger partial charge in [-0.15, -0.1) is 0 Å². The highest BCUT2D eigenvalue weighted by molar-refractivity contribution is 7.79. The average molecular weight is 240 g/mol. The van der Waals surface area contributed by atoms with Gasteiger partial charge in [0, 0.05) is 5.75 Å². The number of benzene rings is 2. The maximum atomic E-state index is 4.45. The molecule has 17 heavy (non-hydrogen) atoms. The van der Waals surface area contributed by atoms with Crippen molar-refractivity contribution >= 4 is 36.1 Å². The van der Waals surface area contributed by atoms with Crippen LogP contribution in [-0.2, 0) is 5.75 Å². The third-order valence-corrected chi connectivity index (χ3v) is 3.22. The topological polar surface area (TPSA) is 0 Å². The van der Waals surface area contributed by atoms with Crippen LogP contribution in [0.5, 0.6) is 0 Å². The summed E-state index contributed by atoms with van der Waals surface area (Å²) in [4.78, 5) is 0. The molecule has 0 aromatic heterocycles. The fraction of sp³-hybridized carbons (Fsp3) is 0.125. The highest BCUT2D eigenvalue weighted by atomic mass is 32.1. The Hall–Kier alpha value is -1.47. The van der Waals surface area contributed by atoms with E-state index in [1.54, 1.807) is 0 Å². The molecule has 86 valence electrons. The van der Waals surface area contributed by atoms with E-state index in [-0.39, 0.29) is 0 Å². The minimum atomic E-state index is 0.729. The molecule has 2 aromatic rings. The number of allylic oxidation sites excluding steroid dienone is 2. The van der Waals surface area contributed by atoms with E-state index in [2.05, 4.69) is 55.6 Å². The predicted octanol–water partition coefficient (Wildman–Crippen LogP) is 3.04. The first kappa shape index (κ1) is 12.0.